The van der Waals surface area contributed by atoms with Crippen LogP contribution >= 0.6 is 11.8 Å². The van der Waals surface area contributed by atoms with Crippen LogP contribution in [0.5, 0.6) is 5.75 Å². The van der Waals surface area contributed by atoms with Crippen LogP contribution in [0.15, 0.2) is 29.4 Å². The molecule has 1 aliphatic rings. The molecule has 0 radical (unpaired) electrons. The van der Waals surface area contributed by atoms with Gasteiger partial charge in [-0.1, -0.05) is 36.7 Å². The van der Waals surface area contributed by atoms with Crippen LogP contribution in [0.1, 0.15) is 37.3 Å². The van der Waals surface area contributed by atoms with Crippen molar-refractivity contribution in [3.8, 4) is 5.75 Å². The van der Waals surface area contributed by atoms with E-state index in [2.05, 4.69) is 25.6 Å². The number of rotatable bonds is 9. The molecule has 1 aromatic carbocycles. The van der Waals surface area contributed by atoms with Gasteiger partial charge < -0.3 is 10.1 Å². The summed E-state index contributed by atoms with van der Waals surface area (Å²) in [5.74, 6) is 0.265. The van der Waals surface area contributed by atoms with Crippen LogP contribution in [0, 0.1) is 0 Å². The van der Waals surface area contributed by atoms with Crippen LogP contribution in [0.3, 0.4) is 0 Å². The number of nitrogens with one attached hydrogen (secondary N) is 1. The Balaban J connectivity index is 1.38. The van der Waals surface area contributed by atoms with Gasteiger partial charge in [0.2, 0.25) is 11.1 Å². The van der Waals surface area contributed by atoms with Crippen molar-refractivity contribution in [2.24, 2.45) is 0 Å². The maximum atomic E-state index is 12.1. The highest BCUT2D eigenvalue weighted by Gasteiger charge is 2.22. The molecule has 1 heterocycles. The van der Waals surface area contributed by atoms with Crippen molar-refractivity contribution in [2.75, 3.05) is 12.3 Å². The Morgan fingerprint density at radius 3 is 2.74 bits per heavy atom. The van der Waals surface area contributed by atoms with Crippen molar-refractivity contribution >= 4 is 17.7 Å². The summed E-state index contributed by atoms with van der Waals surface area (Å²) in [7, 11) is 0. The Kier molecular flexibility index (Phi) is 6.97. The minimum atomic E-state index is -2.83. The fourth-order valence-electron chi connectivity index (χ4n) is 3.02. The first-order valence-corrected chi connectivity index (χ1v) is 9.81. The van der Waals surface area contributed by atoms with Gasteiger partial charge in [-0.05, 0) is 47.4 Å². The second-order valence-electron chi connectivity index (χ2n) is 6.26. The van der Waals surface area contributed by atoms with Gasteiger partial charge in [-0.3, -0.25) is 4.79 Å². The van der Waals surface area contributed by atoms with Gasteiger partial charge in [0.15, 0.2) is 0 Å². The Labute approximate surface area is 159 Å². The second-order valence-corrected chi connectivity index (χ2v) is 7.20. The summed E-state index contributed by atoms with van der Waals surface area (Å²) in [4.78, 5) is 12.0. The third-order valence-electron chi connectivity index (χ3n) is 4.35. The Morgan fingerprint density at radius 2 is 2.04 bits per heavy atom. The highest BCUT2D eigenvalue weighted by atomic mass is 32.2. The average molecular weight is 397 g/mol. The molecule has 0 bridgehead atoms. The summed E-state index contributed by atoms with van der Waals surface area (Å²) in [6.45, 7) is -2.37. The third kappa shape index (κ3) is 5.88. The lowest BCUT2D eigenvalue weighted by Crippen LogP contribution is -2.27. The number of amides is 1. The van der Waals surface area contributed by atoms with E-state index in [1.165, 1.54) is 36.7 Å². The van der Waals surface area contributed by atoms with Crippen LogP contribution in [-0.2, 0) is 11.2 Å². The maximum Gasteiger partial charge on any atom is 0.387 e. The van der Waals surface area contributed by atoms with E-state index < -0.39 is 6.61 Å². The molecule has 0 saturated heterocycles. The van der Waals surface area contributed by atoms with Crippen LogP contribution in [0.4, 0.5) is 8.78 Å². The number of thioether (sulfide) groups is 1. The van der Waals surface area contributed by atoms with E-state index in [-0.39, 0.29) is 17.4 Å². The van der Waals surface area contributed by atoms with Gasteiger partial charge in [0.05, 0.1) is 11.8 Å². The Bertz CT molecular complexity index is 735. The van der Waals surface area contributed by atoms with Gasteiger partial charge in [0.25, 0.3) is 0 Å². The number of carbonyl (C=O) groups is 1. The lowest BCUT2D eigenvalue weighted by Gasteiger charge is -2.10. The number of benzene rings is 1. The summed E-state index contributed by atoms with van der Waals surface area (Å²) in [6, 6.07) is 6.72. The van der Waals surface area contributed by atoms with Crippen molar-refractivity contribution in [3.63, 3.8) is 0 Å². The summed E-state index contributed by atoms with van der Waals surface area (Å²) in [5, 5.41) is 15.3. The molecule has 7 nitrogen and oxygen atoms in total. The summed E-state index contributed by atoms with van der Waals surface area (Å²) >= 11 is 1.33. The zero-order valence-corrected chi connectivity index (χ0v) is 15.5. The quantitative estimate of drug-likeness (QED) is 0.656. The predicted octanol–water partition coefficient (Wildman–Crippen LogP) is 2.84. The average Bonchev–Trinajstić information content (AvgIpc) is 3.32. The topological polar surface area (TPSA) is 81.9 Å². The number of alkyl halides is 2. The zero-order chi connectivity index (χ0) is 19.1. The van der Waals surface area contributed by atoms with Crippen molar-refractivity contribution < 1.29 is 18.3 Å². The number of tetrazole rings is 1. The second kappa shape index (κ2) is 9.63. The summed E-state index contributed by atoms with van der Waals surface area (Å²) < 4.78 is 30.4. The molecule has 146 valence electrons. The number of halogens is 2. The molecule has 1 aliphatic carbocycles. The van der Waals surface area contributed by atoms with Gasteiger partial charge in [-0.25, -0.2) is 4.68 Å². The fourth-order valence-corrected chi connectivity index (χ4v) is 3.80. The van der Waals surface area contributed by atoms with Crippen LogP contribution in [-0.4, -0.2) is 45.0 Å². The van der Waals surface area contributed by atoms with E-state index in [0.29, 0.717) is 24.2 Å². The highest BCUT2D eigenvalue weighted by molar-refractivity contribution is 7.99. The van der Waals surface area contributed by atoms with Crippen molar-refractivity contribution in [1.29, 1.82) is 0 Å². The van der Waals surface area contributed by atoms with E-state index in [4.69, 9.17) is 0 Å². The molecule has 1 fully saturated rings. The minimum Gasteiger partial charge on any atom is -0.435 e. The first kappa shape index (κ1) is 19.5. The lowest BCUT2D eigenvalue weighted by atomic mass is 10.1. The molecule has 1 amide bonds. The molecule has 0 unspecified atom stereocenters. The molecule has 27 heavy (non-hydrogen) atoms. The number of nitrogens with zero attached hydrogens (tertiary/aromatic N) is 4. The summed E-state index contributed by atoms with van der Waals surface area (Å²) in [6.07, 6.45) is 5.12. The maximum absolute atomic E-state index is 12.1. The first-order valence-electron chi connectivity index (χ1n) is 8.83. The van der Waals surface area contributed by atoms with E-state index in [0.717, 1.165) is 18.4 Å². The Hall–Kier alpha value is -2.23. The van der Waals surface area contributed by atoms with Crippen molar-refractivity contribution in [3.05, 3.63) is 29.8 Å². The number of hydrogen-bond acceptors (Lipinski definition) is 6. The van der Waals surface area contributed by atoms with Gasteiger partial charge >= 0.3 is 6.61 Å². The van der Waals surface area contributed by atoms with E-state index in [1.54, 1.807) is 12.1 Å². The minimum absolute atomic E-state index is 0.0985. The van der Waals surface area contributed by atoms with Crippen LogP contribution < -0.4 is 10.1 Å². The highest BCUT2D eigenvalue weighted by Crippen LogP contribution is 2.31. The number of hydrogen-bond donors (Lipinski definition) is 1. The largest absolute Gasteiger partial charge is 0.435 e. The van der Waals surface area contributed by atoms with Crippen LogP contribution in [0.2, 0.25) is 0 Å². The number of aromatic nitrogens is 4. The molecular weight excluding hydrogens is 376 g/mol. The fraction of sp³-hybridized carbons (Fsp3) is 0.529. The standard InChI is InChI=1S/C17H21F2N5O2S/c18-16(19)26-14-7-5-12(6-8-14)9-10-20-15(25)11-27-17-21-22-23-24(17)13-3-1-2-4-13/h5-8,13,16H,1-4,9-11H2,(H,20,25). The normalized spacial score (nSPS) is 14.6. The van der Waals surface area contributed by atoms with Crippen molar-refractivity contribution in [1.82, 2.24) is 25.5 Å². The van der Waals surface area contributed by atoms with Gasteiger partial charge in [-0.2, -0.15) is 8.78 Å². The summed E-state index contributed by atoms with van der Waals surface area (Å²) in [5.41, 5.74) is 0.926. The smallest absolute Gasteiger partial charge is 0.387 e. The molecule has 0 aliphatic heterocycles. The zero-order valence-electron chi connectivity index (χ0n) is 14.7. The monoisotopic (exact) mass is 397 g/mol. The molecule has 3 rings (SSSR count). The number of carbonyl (C=O) groups excluding carboxylic acids is 1. The molecule has 2 aromatic rings. The van der Waals surface area contributed by atoms with Gasteiger partial charge in [0, 0.05) is 6.54 Å². The van der Waals surface area contributed by atoms with Crippen LogP contribution in [0.25, 0.3) is 0 Å². The van der Waals surface area contributed by atoms with Gasteiger partial charge in [0.1, 0.15) is 5.75 Å². The lowest BCUT2D eigenvalue weighted by molar-refractivity contribution is -0.118. The molecular formula is C17H21F2N5O2S. The van der Waals surface area contributed by atoms with E-state index in [9.17, 15) is 13.6 Å². The molecule has 1 saturated carbocycles. The van der Waals surface area contributed by atoms with Gasteiger partial charge in [-0.15, -0.1) is 5.10 Å². The van der Waals surface area contributed by atoms with E-state index in [1.807, 2.05) is 4.68 Å². The molecule has 10 heteroatoms. The molecule has 0 atom stereocenters. The number of ether oxygens (including phenoxy) is 1. The molecule has 0 spiro atoms. The molecule has 1 N–H and O–H groups in total. The molecule has 1 aromatic heterocycles. The predicted molar refractivity (Wildman–Crippen MR) is 95.8 cm³/mol. The third-order valence-corrected chi connectivity index (χ3v) is 5.28. The SMILES string of the molecule is O=C(CSc1nnnn1C1CCCC1)NCCc1ccc(OC(F)F)cc1. The first-order chi connectivity index (χ1) is 13.1. The Morgan fingerprint density at radius 1 is 1.30 bits per heavy atom. The van der Waals surface area contributed by atoms with Crippen molar-refractivity contribution in [2.45, 2.75) is 49.9 Å². The van der Waals surface area contributed by atoms with E-state index >= 15 is 0 Å².